The fourth-order valence-corrected chi connectivity index (χ4v) is 2.37. The number of methoxy groups -OCH3 is 1. The fraction of sp³-hybridized carbons (Fsp3) is 0.333. The summed E-state index contributed by atoms with van der Waals surface area (Å²) in [6.07, 6.45) is 5.85. The van der Waals surface area contributed by atoms with Crippen LogP contribution in [0.2, 0.25) is 0 Å². The summed E-state index contributed by atoms with van der Waals surface area (Å²) in [5, 5.41) is 8.76. The molecule has 1 N–H and O–H groups in total. The standard InChI is InChI=1S/C15H16BrNO4/c1-3-8-17(10-15(19)20)14(18)7-5-11-4-6-13(21-2)12(16)9-11/h1,4,6,9H,5,7-8,10H2,2H3,(H,19,20). The van der Waals surface area contributed by atoms with Gasteiger partial charge in [0, 0.05) is 6.42 Å². The van der Waals surface area contributed by atoms with Crippen molar-refractivity contribution >= 4 is 27.8 Å². The van der Waals surface area contributed by atoms with Gasteiger partial charge in [-0.2, -0.15) is 0 Å². The Kier molecular flexibility index (Phi) is 6.76. The molecule has 0 unspecified atom stereocenters. The number of carboxylic acids is 1. The Bertz CT molecular complexity index is 565. The SMILES string of the molecule is C#CCN(CC(=O)O)C(=O)CCc1ccc(OC)c(Br)c1. The summed E-state index contributed by atoms with van der Waals surface area (Å²) in [4.78, 5) is 23.8. The number of aliphatic carboxylic acids is 1. The molecule has 0 aliphatic rings. The molecule has 0 aliphatic heterocycles. The Morgan fingerprint density at radius 2 is 2.19 bits per heavy atom. The average molecular weight is 354 g/mol. The summed E-state index contributed by atoms with van der Waals surface area (Å²) < 4.78 is 5.94. The first-order valence-corrected chi connectivity index (χ1v) is 7.02. The molecule has 0 saturated heterocycles. The molecule has 0 spiro atoms. The van der Waals surface area contributed by atoms with Crippen LogP contribution in [0.4, 0.5) is 0 Å². The number of amides is 1. The van der Waals surface area contributed by atoms with E-state index < -0.39 is 5.97 Å². The highest BCUT2D eigenvalue weighted by atomic mass is 79.9. The average Bonchev–Trinajstić information content (AvgIpc) is 2.44. The van der Waals surface area contributed by atoms with Gasteiger partial charge in [-0.05, 0) is 40.0 Å². The summed E-state index contributed by atoms with van der Waals surface area (Å²) >= 11 is 3.38. The van der Waals surface area contributed by atoms with Crippen molar-refractivity contribution in [3.63, 3.8) is 0 Å². The number of carbonyl (C=O) groups is 2. The molecule has 0 heterocycles. The second kappa shape index (κ2) is 8.32. The molecule has 1 aromatic rings. The number of aryl methyl sites for hydroxylation is 1. The van der Waals surface area contributed by atoms with Gasteiger partial charge in [-0.25, -0.2) is 0 Å². The maximum absolute atomic E-state index is 12.0. The zero-order valence-electron chi connectivity index (χ0n) is 11.6. The Hall–Kier alpha value is -2.00. The molecule has 0 fully saturated rings. The Labute approximate surface area is 132 Å². The van der Waals surface area contributed by atoms with Crippen LogP contribution in [0.15, 0.2) is 22.7 Å². The minimum Gasteiger partial charge on any atom is -0.496 e. The van der Waals surface area contributed by atoms with Crippen LogP contribution in [0.3, 0.4) is 0 Å². The molecule has 1 rings (SSSR count). The van der Waals surface area contributed by atoms with E-state index in [1.54, 1.807) is 13.2 Å². The monoisotopic (exact) mass is 353 g/mol. The molecule has 112 valence electrons. The van der Waals surface area contributed by atoms with Crippen molar-refractivity contribution < 1.29 is 19.4 Å². The molecule has 0 radical (unpaired) electrons. The first-order valence-electron chi connectivity index (χ1n) is 6.23. The van der Waals surface area contributed by atoms with Crippen LogP contribution in [0.25, 0.3) is 0 Å². The first-order chi connectivity index (χ1) is 9.97. The number of halogens is 1. The van der Waals surface area contributed by atoms with Gasteiger partial charge in [-0.15, -0.1) is 6.42 Å². The third-order valence-electron chi connectivity index (χ3n) is 2.80. The molecule has 1 aromatic carbocycles. The van der Waals surface area contributed by atoms with E-state index in [2.05, 4.69) is 21.9 Å². The van der Waals surface area contributed by atoms with Crippen LogP contribution < -0.4 is 4.74 Å². The summed E-state index contributed by atoms with van der Waals surface area (Å²) in [6, 6.07) is 5.54. The number of ether oxygens (including phenoxy) is 1. The van der Waals surface area contributed by atoms with E-state index in [0.29, 0.717) is 12.2 Å². The van der Waals surface area contributed by atoms with Crippen molar-refractivity contribution in [3.8, 4) is 18.1 Å². The molecule has 21 heavy (non-hydrogen) atoms. The number of benzene rings is 1. The van der Waals surface area contributed by atoms with Crippen molar-refractivity contribution in [1.82, 2.24) is 4.90 Å². The highest BCUT2D eigenvalue weighted by Crippen LogP contribution is 2.26. The van der Waals surface area contributed by atoms with Crippen LogP contribution in [0.5, 0.6) is 5.75 Å². The van der Waals surface area contributed by atoms with Gasteiger partial charge in [0.05, 0.1) is 18.1 Å². The van der Waals surface area contributed by atoms with E-state index in [4.69, 9.17) is 16.3 Å². The summed E-state index contributed by atoms with van der Waals surface area (Å²) in [7, 11) is 1.58. The highest BCUT2D eigenvalue weighted by Gasteiger charge is 2.15. The molecule has 0 aliphatic carbocycles. The number of hydrogen-bond acceptors (Lipinski definition) is 3. The van der Waals surface area contributed by atoms with Gasteiger partial charge in [-0.3, -0.25) is 9.59 Å². The van der Waals surface area contributed by atoms with E-state index in [-0.39, 0.29) is 25.4 Å². The Balaban J connectivity index is 2.64. The smallest absolute Gasteiger partial charge is 0.323 e. The van der Waals surface area contributed by atoms with Gasteiger partial charge in [0.25, 0.3) is 0 Å². The molecule has 0 atom stereocenters. The Morgan fingerprint density at radius 3 is 2.71 bits per heavy atom. The van der Waals surface area contributed by atoms with Crippen molar-refractivity contribution in [2.75, 3.05) is 20.2 Å². The van der Waals surface area contributed by atoms with Crippen molar-refractivity contribution in [2.24, 2.45) is 0 Å². The van der Waals surface area contributed by atoms with Gasteiger partial charge in [0.1, 0.15) is 12.3 Å². The maximum atomic E-state index is 12.0. The second-order valence-corrected chi connectivity index (χ2v) is 5.17. The molecule has 6 heteroatoms. The quantitative estimate of drug-likeness (QED) is 0.760. The third kappa shape index (κ3) is 5.48. The maximum Gasteiger partial charge on any atom is 0.323 e. The fourth-order valence-electron chi connectivity index (χ4n) is 1.78. The summed E-state index contributed by atoms with van der Waals surface area (Å²) in [6.45, 7) is -0.382. The number of carboxylic acid groups (broad SMARTS) is 1. The number of carbonyl (C=O) groups excluding carboxylic acids is 1. The molecule has 0 aromatic heterocycles. The lowest BCUT2D eigenvalue weighted by Crippen LogP contribution is -2.36. The van der Waals surface area contributed by atoms with Gasteiger partial charge in [-0.1, -0.05) is 12.0 Å². The lowest BCUT2D eigenvalue weighted by Gasteiger charge is -2.17. The number of terminal acetylenes is 1. The first kappa shape index (κ1) is 17.1. The molecular weight excluding hydrogens is 338 g/mol. The molecule has 5 nitrogen and oxygen atoms in total. The molecular formula is C15H16BrNO4. The van der Waals surface area contributed by atoms with E-state index in [1.807, 2.05) is 12.1 Å². The van der Waals surface area contributed by atoms with Gasteiger partial charge in [0.15, 0.2) is 0 Å². The number of hydrogen-bond donors (Lipinski definition) is 1. The zero-order chi connectivity index (χ0) is 15.8. The van der Waals surface area contributed by atoms with Crippen molar-refractivity contribution in [1.29, 1.82) is 0 Å². The van der Waals surface area contributed by atoms with Crippen molar-refractivity contribution in [2.45, 2.75) is 12.8 Å². The van der Waals surface area contributed by atoms with Crippen LogP contribution in [0, 0.1) is 12.3 Å². The second-order valence-electron chi connectivity index (χ2n) is 4.32. The van der Waals surface area contributed by atoms with Gasteiger partial charge >= 0.3 is 5.97 Å². The topological polar surface area (TPSA) is 66.8 Å². The third-order valence-corrected chi connectivity index (χ3v) is 3.42. The predicted octanol–water partition coefficient (Wildman–Crippen LogP) is 1.94. The number of nitrogens with zero attached hydrogens (tertiary/aromatic N) is 1. The van der Waals surface area contributed by atoms with Gasteiger partial charge in [0.2, 0.25) is 5.91 Å². The van der Waals surface area contributed by atoms with Crippen molar-refractivity contribution in [3.05, 3.63) is 28.2 Å². The van der Waals surface area contributed by atoms with E-state index in [0.717, 1.165) is 14.9 Å². The van der Waals surface area contributed by atoms with Crippen LogP contribution in [-0.2, 0) is 16.0 Å². The van der Waals surface area contributed by atoms with E-state index in [1.165, 1.54) is 0 Å². The molecule has 1 amide bonds. The molecule has 0 saturated carbocycles. The summed E-state index contributed by atoms with van der Waals surface area (Å²) in [5.74, 6) is 1.65. The predicted molar refractivity (Wildman–Crippen MR) is 82.1 cm³/mol. The minimum atomic E-state index is -1.08. The van der Waals surface area contributed by atoms with Crippen LogP contribution in [-0.4, -0.2) is 42.1 Å². The van der Waals surface area contributed by atoms with E-state index in [9.17, 15) is 9.59 Å². The van der Waals surface area contributed by atoms with Gasteiger partial charge < -0.3 is 14.7 Å². The normalized spacial score (nSPS) is 9.76. The largest absolute Gasteiger partial charge is 0.496 e. The highest BCUT2D eigenvalue weighted by molar-refractivity contribution is 9.10. The number of rotatable bonds is 7. The summed E-state index contributed by atoms with van der Waals surface area (Å²) in [5.41, 5.74) is 0.951. The van der Waals surface area contributed by atoms with Crippen LogP contribution in [0.1, 0.15) is 12.0 Å². The zero-order valence-corrected chi connectivity index (χ0v) is 13.2. The molecule has 0 bridgehead atoms. The van der Waals surface area contributed by atoms with E-state index >= 15 is 0 Å². The lowest BCUT2D eigenvalue weighted by atomic mass is 10.1. The Morgan fingerprint density at radius 1 is 1.48 bits per heavy atom. The van der Waals surface area contributed by atoms with Crippen LogP contribution >= 0.6 is 15.9 Å². The lowest BCUT2D eigenvalue weighted by molar-refractivity contribution is -0.144. The minimum absolute atomic E-state index is 0.00254.